The van der Waals surface area contributed by atoms with Gasteiger partial charge in [0.15, 0.2) is 0 Å². The highest BCUT2D eigenvalue weighted by Crippen LogP contribution is 2.35. The molecule has 0 spiro atoms. The maximum absolute atomic E-state index is 9.96. The van der Waals surface area contributed by atoms with Crippen LogP contribution in [0.2, 0.25) is 0 Å². The summed E-state index contributed by atoms with van der Waals surface area (Å²) in [5.74, 6) is 3.66. The maximum Gasteiger partial charge on any atom is 0.0583 e. The normalized spacial score (nSPS) is 32.4. The largest absolute Gasteiger partial charge is 0.393 e. The van der Waals surface area contributed by atoms with Gasteiger partial charge in [-0.05, 0) is 86.5 Å². The summed E-state index contributed by atoms with van der Waals surface area (Å²) < 4.78 is 0. The smallest absolute Gasteiger partial charge is 0.0583 e. The van der Waals surface area contributed by atoms with Crippen LogP contribution in [0.4, 0.5) is 0 Å². The van der Waals surface area contributed by atoms with Crippen molar-refractivity contribution in [1.82, 2.24) is 0 Å². The molecule has 164 valence electrons. The Morgan fingerprint density at radius 3 is 2.31 bits per heavy atom. The third kappa shape index (κ3) is 7.93. The Morgan fingerprint density at radius 1 is 0.931 bits per heavy atom. The van der Waals surface area contributed by atoms with Crippen LogP contribution in [-0.4, -0.2) is 11.2 Å². The standard InChI is InChI=1S/C28H46O/c1-20(2)21(3)13-14-24(6)28-12-8-11-25(10-7-9-23(28)5)16-17-26-19-27(29)18-15-22(26)4/h13-14,16-17,20-21,23-24,27-29H,4,7-12,15,18-19H2,1-3,5-6H3/b14-13+,25-16+,26-17-/t21-,23-,24+,27-,28-/m0/s1. The Labute approximate surface area is 181 Å². The predicted octanol–water partition coefficient (Wildman–Crippen LogP) is 8.03. The SMILES string of the molecule is C=C1CC[C@H](O)C/C1=C/C=C1/CCC[C@H]([C@H](C)/C=C/[C@H](C)C(C)C)[C@@H](C)CCC1. The highest BCUT2D eigenvalue weighted by atomic mass is 16.3. The zero-order chi connectivity index (χ0) is 21.4. The van der Waals surface area contributed by atoms with Gasteiger partial charge in [0.2, 0.25) is 0 Å². The van der Waals surface area contributed by atoms with Gasteiger partial charge in [-0.15, -0.1) is 0 Å². The fraction of sp³-hybridized carbons (Fsp3) is 0.714. The van der Waals surface area contributed by atoms with Crippen LogP contribution in [0.3, 0.4) is 0 Å². The highest BCUT2D eigenvalue weighted by Gasteiger charge is 2.23. The topological polar surface area (TPSA) is 20.2 Å². The number of hydrogen-bond donors (Lipinski definition) is 1. The molecular formula is C28H46O. The quantitative estimate of drug-likeness (QED) is 0.465. The summed E-state index contributed by atoms with van der Waals surface area (Å²) in [6.45, 7) is 16.1. The molecule has 0 aromatic carbocycles. The number of allylic oxidation sites excluding steroid dienone is 6. The summed E-state index contributed by atoms with van der Waals surface area (Å²) in [5, 5.41) is 9.96. The first kappa shape index (κ1) is 24.2. The zero-order valence-electron chi connectivity index (χ0n) is 19.8. The van der Waals surface area contributed by atoms with Gasteiger partial charge < -0.3 is 5.11 Å². The number of aliphatic hydroxyl groups excluding tert-OH is 1. The lowest BCUT2D eigenvalue weighted by molar-refractivity contribution is 0.158. The average Bonchev–Trinajstić information content (AvgIpc) is 2.77. The molecule has 2 rings (SSSR count). The second kappa shape index (κ2) is 11.9. The Balaban J connectivity index is 1.99. The molecule has 1 N–H and O–H groups in total. The van der Waals surface area contributed by atoms with Crippen molar-refractivity contribution in [3.05, 3.63) is 47.6 Å². The minimum Gasteiger partial charge on any atom is -0.393 e. The van der Waals surface area contributed by atoms with Crippen molar-refractivity contribution in [1.29, 1.82) is 0 Å². The molecule has 0 unspecified atom stereocenters. The van der Waals surface area contributed by atoms with Crippen molar-refractivity contribution in [2.45, 2.75) is 98.5 Å². The van der Waals surface area contributed by atoms with E-state index in [-0.39, 0.29) is 6.10 Å². The fourth-order valence-electron chi connectivity index (χ4n) is 4.91. The van der Waals surface area contributed by atoms with Crippen molar-refractivity contribution in [2.75, 3.05) is 0 Å². The second-order valence-corrected chi connectivity index (χ2v) is 10.3. The van der Waals surface area contributed by atoms with Crippen LogP contribution in [0.5, 0.6) is 0 Å². The van der Waals surface area contributed by atoms with Gasteiger partial charge in [-0.1, -0.05) is 83.1 Å². The lowest BCUT2D eigenvalue weighted by atomic mass is 9.78. The van der Waals surface area contributed by atoms with Crippen molar-refractivity contribution in [3.8, 4) is 0 Å². The fourth-order valence-corrected chi connectivity index (χ4v) is 4.91. The van der Waals surface area contributed by atoms with Gasteiger partial charge in [-0.2, -0.15) is 0 Å². The van der Waals surface area contributed by atoms with Crippen LogP contribution < -0.4 is 0 Å². The molecular weight excluding hydrogens is 352 g/mol. The van der Waals surface area contributed by atoms with Gasteiger partial charge in [0, 0.05) is 0 Å². The molecule has 0 aliphatic heterocycles. The first-order chi connectivity index (χ1) is 13.8. The van der Waals surface area contributed by atoms with Crippen LogP contribution in [-0.2, 0) is 0 Å². The molecule has 1 heteroatoms. The van der Waals surface area contributed by atoms with Crippen LogP contribution in [0, 0.1) is 29.6 Å². The van der Waals surface area contributed by atoms with Gasteiger partial charge >= 0.3 is 0 Å². The summed E-state index contributed by atoms with van der Waals surface area (Å²) in [4.78, 5) is 0. The molecule has 0 aromatic heterocycles. The third-order valence-electron chi connectivity index (χ3n) is 7.58. The van der Waals surface area contributed by atoms with Crippen molar-refractivity contribution >= 4 is 0 Å². The van der Waals surface area contributed by atoms with Crippen LogP contribution in [0.25, 0.3) is 0 Å². The van der Waals surface area contributed by atoms with E-state index in [2.05, 4.69) is 65.5 Å². The Morgan fingerprint density at radius 2 is 1.62 bits per heavy atom. The van der Waals surface area contributed by atoms with Crippen LogP contribution in [0.1, 0.15) is 92.4 Å². The molecule has 1 nitrogen and oxygen atoms in total. The zero-order valence-corrected chi connectivity index (χ0v) is 19.8. The Hall–Kier alpha value is -1.08. The van der Waals surface area contributed by atoms with Crippen molar-refractivity contribution in [2.24, 2.45) is 29.6 Å². The first-order valence-electron chi connectivity index (χ1n) is 12.2. The summed E-state index contributed by atoms with van der Waals surface area (Å²) in [5.41, 5.74) is 4.08. The average molecular weight is 399 g/mol. The first-order valence-corrected chi connectivity index (χ1v) is 12.2. The van der Waals surface area contributed by atoms with E-state index < -0.39 is 0 Å². The Kier molecular flexibility index (Phi) is 9.96. The molecule has 2 aliphatic carbocycles. The van der Waals surface area contributed by atoms with E-state index >= 15 is 0 Å². The predicted molar refractivity (Wildman–Crippen MR) is 128 cm³/mol. The molecule has 0 amide bonds. The summed E-state index contributed by atoms with van der Waals surface area (Å²) in [6.07, 6.45) is 19.7. The summed E-state index contributed by atoms with van der Waals surface area (Å²) in [7, 11) is 0. The number of aliphatic hydroxyl groups is 1. The minimum atomic E-state index is -0.180. The monoisotopic (exact) mass is 398 g/mol. The highest BCUT2D eigenvalue weighted by molar-refractivity contribution is 5.35. The van der Waals surface area contributed by atoms with Gasteiger partial charge in [0.1, 0.15) is 0 Å². The third-order valence-corrected chi connectivity index (χ3v) is 7.58. The number of rotatable bonds is 5. The van der Waals surface area contributed by atoms with E-state index in [1.54, 1.807) is 5.57 Å². The molecule has 0 radical (unpaired) electrons. The summed E-state index contributed by atoms with van der Waals surface area (Å²) in [6, 6.07) is 0. The van der Waals surface area contributed by atoms with Gasteiger partial charge in [0.05, 0.1) is 6.10 Å². The van der Waals surface area contributed by atoms with E-state index in [4.69, 9.17) is 0 Å². The van der Waals surface area contributed by atoms with E-state index in [0.29, 0.717) is 11.8 Å². The lowest BCUT2D eigenvalue weighted by Gasteiger charge is -2.28. The maximum atomic E-state index is 9.96. The molecule has 0 bridgehead atoms. The lowest BCUT2D eigenvalue weighted by Crippen LogP contribution is -2.19. The molecule has 0 saturated heterocycles. The molecule has 0 aromatic rings. The van der Waals surface area contributed by atoms with E-state index in [1.165, 1.54) is 49.7 Å². The van der Waals surface area contributed by atoms with Crippen LogP contribution in [0.15, 0.2) is 47.6 Å². The molecule has 2 saturated carbocycles. The van der Waals surface area contributed by atoms with Crippen molar-refractivity contribution < 1.29 is 5.11 Å². The molecule has 2 fully saturated rings. The van der Waals surface area contributed by atoms with Gasteiger partial charge in [-0.3, -0.25) is 0 Å². The van der Waals surface area contributed by atoms with E-state index in [1.807, 2.05) is 0 Å². The van der Waals surface area contributed by atoms with E-state index in [9.17, 15) is 5.11 Å². The molecule has 5 atom stereocenters. The minimum absolute atomic E-state index is 0.180. The second-order valence-electron chi connectivity index (χ2n) is 10.3. The Bertz CT molecular complexity index is 606. The van der Waals surface area contributed by atoms with Crippen molar-refractivity contribution in [3.63, 3.8) is 0 Å². The van der Waals surface area contributed by atoms with E-state index in [0.717, 1.165) is 37.0 Å². The van der Waals surface area contributed by atoms with Gasteiger partial charge in [0.25, 0.3) is 0 Å². The molecule has 2 aliphatic rings. The van der Waals surface area contributed by atoms with Crippen LogP contribution >= 0.6 is 0 Å². The molecule has 29 heavy (non-hydrogen) atoms. The molecule has 0 heterocycles. The number of hydrogen-bond acceptors (Lipinski definition) is 1. The van der Waals surface area contributed by atoms with Gasteiger partial charge in [-0.25, -0.2) is 0 Å². The summed E-state index contributed by atoms with van der Waals surface area (Å²) >= 11 is 0.